The molecule has 2 unspecified atom stereocenters. The van der Waals surface area contributed by atoms with Gasteiger partial charge in [0.25, 0.3) is 0 Å². The summed E-state index contributed by atoms with van der Waals surface area (Å²) in [4.78, 5) is 7.12. The highest BCUT2D eigenvalue weighted by atomic mass is 19.1. The van der Waals surface area contributed by atoms with E-state index in [1.807, 2.05) is 12.1 Å². The van der Waals surface area contributed by atoms with Crippen LogP contribution in [-0.4, -0.2) is 75.6 Å². The number of halogens is 1. The van der Waals surface area contributed by atoms with Gasteiger partial charge in [-0.2, -0.15) is 0 Å². The van der Waals surface area contributed by atoms with Crippen LogP contribution in [0, 0.1) is 29.5 Å². The molecule has 1 aromatic heterocycles. The molecule has 2 saturated heterocycles. The highest BCUT2D eigenvalue weighted by Crippen LogP contribution is 2.40. The van der Waals surface area contributed by atoms with Gasteiger partial charge in [0, 0.05) is 24.8 Å². The van der Waals surface area contributed by atoms with Gasteiger partial charge < -0.3 is 39.5 Å². The van der Waals surface area contributed by atoms with E-state index >= 15 is 0 Å². The Bertz CT molecular complexity index is 2270. The zero-order valence-electron chi connectivity index (χ0n) is 39.4. The van der Waals surface area contributed by atoms with Crippen molar-refractivity contribution in [2.75, 3.05) is 60.9 Å². The summed E-state index contributed by atoms with van der Waals surface area (Å²) in [5.41, 5.74) is 14.8. The highest BCUT2D eigenvalue weighted by Gasteiger charge is 2.38. The summed E-state index contributed by atoms with van der Waals surface area (Å²) < 4.78 is 37.6. The van der Waals surface area contributed by atoms with Gasteiger partial charge >= 0.3 is 0 Å². The van der Waals surface area contributed by atoms with E-state index in [0.29, 0.717) is 53.4 Å². The lowest BCUT2D eigenvalue weighted by atomic mass is 9.71. The van der Waals surface area contributed by atoms with Gasteiger partial charge in [-0.15, -0.1) is 0 Å². The standard InChI is InChI=1S/C23H29NO2.C18H24FN3O.C13H19NO/c1-24-15-17(10-16-6-4-8-20(12-16)25-2)11-19-13-21-18(14-22(19)24)7-5-9-23(21)26-3;1-11(2)17-16-7-4-12(10-22(16)18(20)21-17)8-13-9-14(23-3)5-6-15(13)19;1-15-13-6-2-4-11(9-13)8-12-5-3-7-14-10-12/h4-9,12,17,19,22H,10-11,13-15H2,1-3H3;5-6,9,11-12H,4,7-8,10H2,1-3H3,(H2,20,21);2,4,6,9,12,14H,3,5,7-8,10H2,1H3/t17-,19-,22-;;/m0../s1. The van der Waals surface area contributed by atoms with Gasteiger partial charge in [-0.05, 0) is 190 Å². The van der Waals surface area contributed by atoms with Crippen LogP contribution in [0.2, 0.25) is 0 Å². The molecule has 0 radical (unpaired) electrons. The quantitative estimate of drug-likeness (QED) is 0.136. The fourth-order valence-corrected chi connectivity index (χ4v) is 10.8. The van der Waals surface area contributed by atoms with E-state index in [2.05, 4.69) is 95.3 Å². The second-order valence-electron chi connectivity index (χ2n) is 18.8. The van der Waals surface area contributed by atoms with E-state index in [-0.39, 0.29) is 5.82 Å². The van der Waals surface area contributed by atoms with Crippen LogP contribution in [0.3, 0.4) is 0 Å². The second-order valence-corrected chi connectivity index (χ2v) is 18.8. The Morgan fingerprint density at radius 2 is 1.45 bits per heavy atom. The molecule has 3 N–H and O–H groups in total. The maximum atomic E-state index is 14.0. The summed E-state index contributed by atoms with van der Waals surface area (Å²) in [6, 6.07) is 29.1. The summed E-state index contributed by atoms with van der Waals surface area (Å²) in [5.74, 6) is 7.06. The van der Waals surface area contributed by atoms with Gasteiger partial charge in [0.2, 0.25) is 5.95 Å². The average Bonchev–Trinajstić information content (AvgIpc) is 3.65. The number of nitrogens with two attached hydrogens (primary N) is 1. The third-order valence-corrected chi connectivity index (χ3v) is 14.0. The third kappa shape index (κ3) is 11.8. The lowest BCUT2D eigenvalue weighted by molar-refractivity contribution is 0.0711. The van der Waals surface area contributed by atoms with Crippen molar-refractivity contribution in [3.63, 3.8) is 0 Å². The molecule has 344 valence electrons. The first-order valence-corrected chi connectivity index (χ1v) is 23.5. The molecule has 2 fully saturated rings. The first-order valence-electron chi connectivity index (χ1n) is 23.5. The van der Waals surface area contributed by atoms with E-state index in [1.54, 1.807) is 40.6 Å². The van der Waals surface area contributed by atoms with E-state index < -0.39 is 0 Å². The largest absolute Gasteiger partial charge is 0.497 e. The first-order chi connectivity index (χ1) is 31.0. The van der Waals surface area contributed by atoms with Crippen LogP contribution in [0.5, 0.6) is 23.0 Å². The fourth-order valence-electron chi connectivity index (χ4n) is 10.8. The number of anilines is 1. The Kier molecular flexibility index (Phi) is 16.3. The third-order valence-electron chi connectivity index (χ3n) is 14.0. The van der Waals surface area contributed by atoms with Crippen molar-refractivity contribution in [1.82, 2.24) is 19.8 Å². The SMILES string of the molecule is COc1ccc(F)c(CC2CCc3c(C(C)C)nc(N)n3C2)c1.COc1cccc(CC2CCCNC2)c1.COc1cccc(C[C@H]2C[C@H]3Cc4c(cccc4OC)C[C@@H]3N(C)C2)c1. The summed E-state index contributed by atoms with van der Waals surface area (Å²) in [6.45, 7) is 8.61. The van der Waals surface area contributed by atoms with Crippen molar-refractivity contribution in [3.05, 3.63) is 130 Å². The van der Waals surface area contributed by atoms with Crippen LogP contribution in [0.15, 0.2) is 84.9 Å². The van der Waals surface area contributed by atoms with Gasteiger partial charge in [-0.1, -0.05) is 50.2 Å². The van der Waals surface area contributed by atoms with Crippen LogP contribution >= 0.6 is 0 Å². The molecular weight excluding hydrogens is 802 g/mol. The van der Waals surface area contributed by atoms with Crippen molar-refractivity contribution in [1.29, 1.82) is 0 Å². The van der Waals surface area contributed by atoms with Crippen LogP contribution < -0.4 is 30.0 Å². The van der Waals surface area contributed by atoms with Crippen LogP contribution in [-0.2, 0) is 45.1 Å². The molecular formula is C54H72FN5O4. The minimum absolute atomic E-state index is 0.168. The molecule has 4 aromatic carbocycles. The molecule has 0 spiro atoms. The van der Waals surface area contributed by atoms with Crippen LogP contribution in [0.25, 0.3) is 0 Å². The molecule has 9 rings (SSSR count). The van der Waals surface area contributed by atoms with E-state index in [1.165, 1.54) is 72.8 Å². The molecule has 0 saturated carbocycles. The molecule has 4 aliphatic rings. The maximum Gasteiger partial charge on any atom is 0.200 e. The zero-order chi connectivity index (χ0) is 45.2. The van der Waals surface area contributed by atoms with E-state index in [9.17, 15) is 4.39 Å². The molecule has 5 atom stereocenters. The zero-order valence-corrected chi connectivity index (χ0v) is 39.4. The number of likely N-dealkylation sites (tertiary alicyclic amines) is 1. The van der Waals surface area contributed by atoms with Crippen molar-refractivity contribution in [2.24, 2.45) is 23.7 Å². The number of rotatable bonds is 11. The van der Waals surface area contributed by atoms with Gasteiger partial charge in [-0.3, -0.25) is 0 Å². The fraction of sp³-hybridized carbons (Fsp3) is 0.500. The molecule has 0 amide bonds. The number of nitrogens with zero attached hydrogens (tertiary/aromatic N) is 3. The normalized spacial score (nSPS) is 21.5. The Morgan fingerprint density at radius 3 is 2.11 bits per heavy atom. The molecule has 0 bridgehead atoms. The minimum atomic E-state index is -0.168. The van der Waals surface area contributed by atoms with Crippen molar-refractivity contribution in [2.45, 2.75) is 96.6 Å². The van der Waals surface area contributed by atoms with Crippen molar-refractivity contribution in [3.8, 4) is 23.0 Å². The number of nitrogens with one attached hydrogen (secondary N) is 1. The lowest BCUT2D eigenvalue weighted by Gasteiger charge is -2.46. The van der Waals surface area contributed by atoms with Crippen LogP contribution in [0.1, 0.15) is 84.7 Å². The number of benzene rings is 4. The number of imidazole rings is 1. The van der Waals surface area contributed by atoms with Crippen molar-refractivity contribution < 1.29 is 23.3 Å². The first kappa shape index (κ1) is 46.9. The number of piperidine rings is 2. The number of ether oxygens (including phenoxy) is 4. The Balaban J connectivity index is 0.000000149. The number of hydrogen-bond acceptors (Lipinski definition) is 8. The number of nitrogen functional groups attached to an aromatic ring is 1. The molecule has 3 aliphatic heterocycles. The molecule has 5 aromatic rings. The Labute approximate surface area is 381 Å². The maximum absolute atomic E-state index is 14.0. The monoisotopic (exact) mass is 874 g/mol. The van der Waals surface area contributed by atoms with Gasteiger partial charge in [-0.25, -0.2) is 9.37 Å². The summed E-state index contributed by atoms with van der Waals surface area (Å²) in [7, 11) is 9.16. The number of fused-ring (bicyclic) bond motifs is 3. The Hall–Kier alpha value is -5.06. The number of aromatic nitrogens is 2. The average molecular weight is 874 g/mol. The smallest absolute Gasteiger partial charge is 0.200 e. The summed E-state index contributed by atoms with van der Waals surface area (Å²) >= 11 is 0. The minimum Gasteiger partial charge on any atom is -0.497 e. The number of likely N-dealkylation sites (N-methyl/N-ethyl adjacent to an activating group) is 1. The highest BCUT2D eigenvalue weighted by molar-refractivity contribution is 5.43. The van der Waals surface area contributed by atoms with Gasteiger partial charge in [0.1, 0.15) is 28.8 Å². The summed E-state index contributed by atoms with van der Waals surface area (Å²) in [6.07, 6.45) is 11.2. The molecule has 4 heterocycles. The lowest BCUT2D eigenvalue weighted by Crippen LogP contribution is -2.50. The number of hydrogen-bond donors (Lipinski definition) is 2. The van der Waals surface area contributed by atoms with E-state index in [0.717, 1.165) is 74.1 Å². The van der Waals surface area contributed by atoms with E-state index in [4.69, 9.17) is 24.7 Å². The Morgan fingerprint density at radius 1 is 0.766 bits per heavy atom. The second kappa shape index (κ2) is 22.2. The van der Waals surface area contributed by atoms with Gasteiger partial charge in [0.05, 0.1) is 34.1 Å². The number of methoxy groups -OCH3 is 4. The predicted molar refractivity (Wildman–Crippen MR) is 257 cm³/mol. The molecule has 1 aliphatic carbocycles. The topological polar surface area (TPSA) is 96.0 Å². The molecule has 64 heavy (non-hydrogen) atoms. The van der Waals surface area contributed by atoms with Crippen molar-refractivity contribution >= 4 is 5.95 Å². The van der Waals surface area contributed by atoms with Crippen LogP contribution in [0.4, 0.5) is 10.3 Å². The van der Waals surface area contributed by atoms with Gasteiger partial charge in [0.15, 0.2) is 0 Å². The predicted octanol–water partition coefficient (Wildman–Crippen LogP) is 9.76. The summed E-state index contributed by atoms with van der Waals surface area (Å²) in [5, 5.41) is 3.45. The molecule has 9 nitrogen and oxygen atoms in total. The molecule has 10 heteroatoms.